The van der Waals surface area contributed by atoms with E-state index in [9.17, 15) is 13.6 Å². The van der Waals surface area contributed by atoms with Crippen molar-refractivity contribution >= 4 is 5.91 Å². The second kappa shape index (κ2) is 8.10. The lowest BCUT2D eigenvalue weighted by Crippen LogP contribution is -2.33. The fourth-order valence-electron chi connectivity index (χ4n) is 3.58. The van der Waals surface area contributed by atoms with Gasteiger partial charge in [0, 0.05) is 35.5 Å². The summed E-state index contributed by atoms with van der Waals surface area (Å²) < 4.78 is 39.5. The van der Waals surface area contributed by atoms with Crippen LogP contribution in [0.3, 0.4) is 0 Å². The number of nitrogens with zero attached hydrogens (tertiary/aromatic N) is 2. The van der Waals surface area contributed by atoms with Crippen LogP contribution < -0.4 is 9.47 Å². The average Bonchev–Trinajstić information content (AvgIpc) is 3.04. The second-order valence-corrected chi connectivity index (χ2v) is 7.07. The molecule has 5 nitrogen and oxygen atoms in total. The molecule has 2 heterocycles. The number of amides is 1. The van der Waals surface area contributed by atoms with Crippen molar-refractivity contribution in [2.24, 2.45) is 0 Å². The summed E-state index contributed by atoms with van der Waals surface area (Å²) in [6.07, 6.45) is 0. The summed E-state index contributed by atoms with van der Waals surface area (Å²) in [5.74, 6) is -0.490. The lowest BCUT2D eigenvalue weighted by molar-refractivity contribution is 0.0627. The van der Waals surface area contributed by atoms with Gasteiger partial charge in [0.05, 0.1) is 13.2 Å². The molecule has 7 heteroatoms. The van der Waals surface area contributed by atoms with Gasteiger partial charge in [-0.2, -0.15) is 0 Å². The molecule has 2 aromatic carbocycles. The predicted molar refractivity (Wildman–Crippen MR) is 106 cm³/mol. The SMILES string of the molecule is COc1ccc(C(COc2cccc(C)n2)N2Cc3cc(F)ccc3C2=O)c(F)c1. The number of carbonyl (C=O) groups is 1. The van der Waals surface area contributed by atoms with E-state index in [2.05, 4.69) is 4.98 Å². The number of carbonyl (C=O) groups excluding carboxylic acids is 1. The summed E-state index contributed by atoms with van der Waals surface area (Å²) >= 11 is 0. The van der Waals surface area contributed by atoms with Crippen LogP contribution in [0, 0.1) is 18.6 Å². The Hall–Kier alpha value is -3.48. The summed E-state index contributed by atoms with van der Waals surface area (Å²) in [7, 11) is 1.45. The molecular weight excluding hydrogens is 390 g/mol. The predicted octanol–water partition coefficient (Wildman–Crippen LogP) is 4.45. The number of aryl methyl sites for hydroxylation is 1. The molecule has 0 N–H and O–H groups in total. The Morgan fingerprint density at radius 2 is 1.97 bits per heavy atom. The fraction of sp³-hybridized carbons (Fsp3) is 0.217. The first-order valence-corrected chi connectivity index (χ1v) is 9.45. The summed E-state index contributed by atoms with van der Waals surface area (Å²) in [6, 6.07) is 13.1. The van der Waals surface area contributed by atoms with Gasteiger partial charge < -0.3 is 14.4 Å². The first-order valence-electron chi connectivity index (χ1n) is 9.45. The molecule has 0 bridgehead atoms. The molecule has 154 valence electrons. The quantitative estimate of drug-likeness (QED) is 0.602. The van der Waals surface area contributed by atoms with Crippen molar-refractivity contribution in [1.82, 2.24) is 9.88 Å². The first-order chi connectivity index (χ1) is 14.5. The minimum atomic E-state index is -0.735. The molecule has 1 aromatic heterocycles. The highest BCUT2D eigenvalue weighted by molar-refractivity contribution is 5.98. The standard InChI is InChI=1S/C23H20F2N2O3/c1-14-4-3-5-22(26-14)30-13-21(19-9-7-17(29-2)11-20(19)25)27-12-15-10-16(24)6-8-18(15)23(27)28/h3-11,21H,12-13H2,1-2H3. The third-order valence-electron chi connectivity index (χ3n) is 5.09. The highest BCUT2D eigenvalue weighted by Gasteiger charge is 2.35. The van der Waals surface area contributed by atoms with Gasteiger partial charge in [-0.3, -0.25) is 4.79 Å². The van der Waals surface area contributed by atoms with E-state index in [4.69, 9.17) is 9.47 Å². The van der Waals surface area contributed by atoms with Gasteiger partial charge in [0.2, 0.25) is 5.88 Å². The Bertz CT molecular complexity index is 1100. The zero-order valence-electron chi connectivity index (χ0n) is 16.6. The van der Waals surface area contributed by atoms with Crippen LogP contribution in [0.25, 0.3) is 0 Å². The van der Waals surface area contributed by atoms with E-state index >= 15 is 0 Å². The smallest absolute Gasteiger partial charge is 0.255 e. The minimum Gasteiger partial charge on any atom is -0.497 e. The molecular formula is C23H20F2N2O3. The molecule has 0 aliphatic carbocycles. The van der Waals surface area contributed by atoms with Gasteiger partial charge in [0.1, 0.15) is 24.0 Å². The van der Waals surface area contributed by atoms with E-state index in [1.807, 2.05) is 13.0 Å². The number of pyridine rings is 1. The van der Waals surface area contributed by atoms with Gasteiger partial charge in [0.25, 0.3) is 5.91 Å². The number of benzene rings is 2. The van der Waals surface area contributed by atoms with Gasteiger partial charge in [-0.1, -0.05) is 12.1 Å². The van der Waals surface area contributed by atoms with Crippen molar-refractivity contribution in [3.8, 4) is 11.6 Å². The zero-order valence-corrected chi connectivity index (χ0v) is 16.6. The lowest BCUT2D eigenvalue weighted by Gasteiger charge is -2.28. The van der Waals surface area contributed by atoms with E-state index in [0.29, 0.717) is 22.8 Å². The number of fused-ring (bicyclic) bond motifs is 1. The van der Waals surface area contributed by atoms with Crippen LogP contribution >= 0.6 is 0 Å². The van der Waals surface area contributed by atoms with Gasteiger partial charge in [-0.15, -0.1) is 0 Å². The van der Waals surface area contributed by atoms with Crippen molar-refractivity contribution in [3.63, 3.8) is 0 Å². The van der Waals surface area contributed by atoms with E-state index in [0.717, 1.165) is 5.69 Å². The maximum Gasteiger partial charge on any atom is 0.255 e. The van der Waals surface area contributed by atoms with Gasteiger partial charge in [-0.25, -0.2) is 13.8 Å². The molecule has 30 heavy (non-hydrogen) atoms. The van der Waals surface area contributed by atoms with Gasteiger partial charge >= 0.3 is 0 Å². The number of hydrogen-bond acceptors (Lipinski definition) is 4. The van der Waals surface area contributed by atoms with Crippen molar-refractivity contribution in [1.29, 1.82) is 0 Å². The molecule has 0 saturated carbocycles. The van der Waals surface area contributed by atoms with E-state index in [1.165, 1.54) is 36.3 Å². The largest absolute Gasteiger partial charge is 0.497 e. The van der Waals surface area contributed by atoms with E-state index < -0.39 is 17.7 Å². The van der Waals surface area contributed by atoms with Crippen molar-refractivity contribution in [2.45, 2.75) is 19.5 Å². The highest BCUT2D eigenvalue weighted by Crippen LogP contribution is 2.34. The van der Waals surface area contributed by atoms with Crippen LogP contribution in [0.1, 0.15) is 33.2 Å². The lowest BCUT2D eigenvalue weighted by atomic mass is 10.0. The number of rotatable bonds is 6. The first kappa shape index (κ1) is 19.8. The normalized spacial score (nSPS) is 13.9. The minimum absolute atomic E-state index is 0.0120. The molecule has 1 aliphatic rings. The molecule has 1 atom stereocenters. The number of methoxy groups -OCH3 is 1. The molecule has 0 saturated heterocycles. The van der Waals surface area contributed by atoms with Gasteiger partial charge in [-0.05, 0) is 42.8 Å². The zero-order chi connectivity index (χ0) is 21.3. The Morgan fingerprint density at radius 1 is 1.13 bits per heavy atom. The van der Waals surface area contributed by atoms with Gasteiger partial charge in [0.15, 0.2) is 0 Å². The molecule has 1 amide bonds. The summed E-state index contributed by atoms with van der Waals surface area (Å²) in [5, 5.41) is 0. The molecule has 4 rings (SSSR count). The molecule has 0 spiro atoms. The van der Waals surface area contributed by atoms with E-state index in [-0.39, 0.29) is 24.6 Å². The number of aromatic nitrogens is 1. The van der Waals surface area contributed by atoms with Crippen molar-refractivity contribution < 1.29 is 23.0 Å². The third kappa shape index (κ3) is 3.83. The number of halogens is 2. The summed E-state index contributed by atoms with van der Waals surface area (Å²) in [4.78, 5) is 18.8. The maximum atomic E-state index is 14.9. The van der Waals surface area contributed by atoms with Crippen LogP contribution in [0.4, 0.5) is 8.78 Å². The maximum absolute atomic E-state index is 14.9. The average molecular weight is 410 g/mol. The molecule has 0 radical (unpaired) electrons. The van der Waals surface area contributed by atoms with Crippen LogP contribution in [0.15, 0.2) is 54.6 Å². The molecule has 0 fully saturated rings. The Kier molecular flexibility index (Phi) is 5.35. The van der Waals surface area contributed by atoms with Crippen LogP contribution in [-0.4, -0.2) is 29.5 Å². The fourth-order valence-corrected chi connectivity index (χ4v) is 3.58. The topological polar surface area (TPSA) is 51.7 Å². The van der Waals surface area contributed by atoms with Crippen LogP contribution in [0.2, 0.25) is 0 Å². The number of hydrogen-bond donors (Lipinski definition) is 0. The van der Waals surface area contributed by atoms with E-state index in [1.54, 1.807) is 24.3 Å². The Balaban J connectivity index is 1.68. The van der Waals surface area contributed by atoms with Crippen molar-refractivity contribution in [3.05, 3.63) is 88.6 Å². The summed E-state index contributed by atoms with van der Waals surface area (Å²) in [6.45, 7) is 1.98. The van der Waals surface area contributed by atoms with Crippen molar-refractivity contribution in [2.75, 3.05) is 13.7 Å². The Labute approximate surface area is 172 Å². The Morgan fingerprint density at radius 3 is 2.70 bits per heavy atom. The molecule has 1 unspecified atom stereocenters. The molecule has 1 aliphatic heterocycles. The second-order valence-electron chi connectivity index (χ2n) is 7.07. The van der Waals surface area contributed by atoms with Crippen LogP contribution in [-0.2, 0) is 6.54 Å². The number of ether oxygens (including phenoxy) is 2. The summed E-state index contributed by atoms with van der Waals surface area (Å²) in [5.41, 5.74) is 2.03. The molecule has 3 aromatic rings. The van der Waals surface area contributed by atoms with Crippen LogP contribution in [0.5, 0.6) is 11.6 Å². The monoisotopic (exact) mass is 410 g/mol. The highest BCUT2D eigenvalue weighted by atomic mass is 19.1. The third-order valence-corrected chi connectivity index (χ3v) is 5.09.